The van der Waals surface area contributed by atoms with Gasteiger partial charge in [0.15, 0.2) is 10.7 Å². The van der Waals surface area contributed by atoms with Gasteiger partial charge in [0.1, 0.15) is 0 Å². The summed E-state index contributed by atoms with van der Waals surface area (Å²) in [6.45, 7) is 3.08. The summed E-state index contributed by atoms with van der Waals surface area (Å²) in [6.07, 6.45) is -4.51. The first-order chi connectivity index (χ1) is 6.86. The molecule has 0 atom stereocenters. The predicted octanol–water partition coefficient (Wildman–Crippen LogP) is 2.65. The van der Waals surface area contributed by atoms with Crippen LogP contribution in [0.1, 0.15) is 27.3 Å². The molecule has 0 saturated carbocycles. The van der Waals surface area contributed by atoms with E-state index in [1.165, 1.54) is 6.92 Å². The van der Waals surface area contributed by atoms with E-state index in [-0.39, 0.29) is 17.2 Å². The van der Waals surface area contributed by atoms with Gasteiger partial charge in [0.25, 0.3) is 0 Å². The van der Waals surface area contributed by atoms with E-state index in [9.17, 15) is 18.0 Å². The molecule has 84 valence electrons. The van der Waals surface area contributed by atoms with Gasteiger partial charge < -0.3 is 4.74 Å². The van der Waals surface area contributed by atoms with E-state index in [1.807, 2.05) is 0 Å². The molecule has 0 aromatic carbocycles. The number of nitrogens with zero attached hydrogens (tertiary/aromatic N) is 1. The molecule has 0 spiro atoms. The number of aromatic nitrogens is 1. The first-order valence-electron chi connectivity index (χ1n) is 4.08. The third kappa shape index (κ3) is 2.68. The van der Waals surface area contributed by atoms with Crippen LogP contribution in [0.4, 0.5) is 13.2 Å². The Morgan fingerprint density at radius 3 is 2.53 bits per heavy atom. The third-order valence-corrected chi connectivity index (χ3v) is 2.52. The van der Waals surface area contributed by atoms with Gasteiger partial charge in [-0.1, -0.05) is 0 Å². The van der Waals surface area contributed by atoms with Crippen LogP contribution in [0.2, 0.25) is 0 Å². The molecule has 0 radical (unpaired) electrons. The molecule has 0 bridgehead atoms. The van der Waals surface area contributed by atoms with Crippen molar-refractivity contribution in [2.75, 3.05) is 6.61 Å². The zero-order valence-corrected chi connectivity index (χ0v) is 8.83. The van der Waals surface area contributed by atoms with Gasteiger partial charge >= 0.3 is 12.1 Å². The molecule has 0 aliphatic rings. The minimum atomic E-state index is -4.51. The van der Waals surface area contributed by atoms with Crippen LogP contribution in [0.3, 0.4) is 0 Å². The Balaban J connectivity index is 3.02. The Morgan fingerprint density at radius 2 is 2.13 bits per heavy atom. The Labute approximate surface area is 87.9 Å². The fourth-order valence-electron chi connectivity index (χ4n) is 0.907. The lowest BCUT2D eigenvalue weighted by molar-refractivity contribution is -0.137. The van der Waals surface area contributed by atoms with Crippen molar-refractivity contribution in [3.63, 3.8) is 0 Å². The van der Waals surface area contributed by atoms with Crippen molar-refractivity contribution in [1.82, 2.24) is 4.98 Å². The lowest BCUT2D eigenvalue weighted by Crippen LogP contribution is -2.09. The van der Waals surface area contributed by atoms with Gasteiger partial charge in [0, 0.05) is 4.88 Å². The van der Waals surface area contributed by atoms with Crippen molar-refractivity contribution in [1.29, 1.82) is 0 Å². The lowest BCUT2D eigenvalue weighted by atomic mass is 10.4. The number of aryl methyl sites for hydroxylation is 1. The minimum absolute atomic E-state index is 0.108. The molecule has 0 unspecified atom stereocenters. The summed E-state index contributed by atoms with van der Waals surface area (Å²) in [5.74, 6) is -0.818. The smallest absolute Gasteiger partial charge is 0.443 e. The zero-order valence-electron chi connectivity index (χ0n) is 8.01. The molecule has 1 aromatic rings. The summed E-state index contributed by atoms with van der Waals surface area (Å²) in [4.78, 5) is 14.6. The van der Waals surface area contributed by atoms with Crippen LogP contribution in [-0.2, 0) is 10.9 Å². The molecule has 0 saturated heterocycles. The van der Waals surface area contributed by atoms with E-state index >= 15 is 0 Å². The number of halogens is 3. The lowest BCUT2D eigenvalue weighted by Gasteiger charge is -1.99. The van der Waals surface area contributed by atoms with Crippen LogP contribution in [0.25, 0.3) is 0 Å². The summed E-state index contributed by atoms with van der Waals surface area (Å²) < 4.78 is 41.3. The second-order valence-electron chi connectivity index (χ2n) is 2.64. The van der Waals surface area contributed by atoms with E-state index < -0.39 is 17.2 Å². The average Bonchev–Trinajstić information content (AvgIpc) is 2.47. The number of esters is 1. The fraction of sp³-hybridized carbons (Fsp3) is 0.500. The first-order valence-corrected chi connectivity index (χ1v) is 4.89. The highest BCUT2D eigenvalue weighted by molar-refractivity contribution is 7.12. The summed E-state index contributed by atoms with van der Waals surface area (Å²) in [5, 5.41) is -1.02. The normalized spacial score (nSPS) is 11.5. The van der Waals surface area contributed by atoms with Crippen LogP contribution >= 0.6 is 11.3 Å². The van der Waals surface area contributed by atoms with Crippen LogP contribution in [0.15, 0.2) is 0 Å². The molecule has 0 fully saturated rings. The molecular weight excluding hydrogens is 231 g/mol. The number of carbonyl (C=O) groups excluding carboxylic acids is 1. The molecule has 1 heterocycles. The van der Waals surface area contributed by atoms with E-state index in [1.54, 1.807) is 6.92 Å². The Morgan fingerprint density at radius 1 is 1.53 bits per heavy atom. The van der Waals surface area contributed by atoms with Crippen molar-refractivity contribution in [3.05, 3.63) is 15.6 Å². The number of hydrogen-bond acceptors (Lipinski definition) is 4. The largest absolute Gasteiger partial charge is 0.461 e. The summed E-state index contributed by atoms with van der Waals surface area (Å²) in [6, 6.07) is 0. The van der Waals surface area contributed by atoms with E-state index in [2.05, 4.69) is 9.72 Å². The minimum Gasteiger partial charge on any atom is -0.461 e. The molecule has 0 aliphatic carbocycles. The van der Waals surface area contributed by atoms with Crippen molar-refractivity contribution >= 4 is 17.3 Å². The van der Waals surface area contributed by atoms with Crippen LogP contribution in [-0.4, -0.2) is 17.6 Å². The maximum atomic E-state index is 12.2. The molecule has 0 aliphatic heterocycles. The third-order valence-electron chi connectivity index (χ3n) is 1.51. The second-order valence-corrected chi connectivity index (χ2v) is 3.85. The van der Waals surface area contributed by atoms with Crippen molar-refractivity contribution in [2.24, 2.45) is 0 Å². The van der Waals surface area contributed by atoms with Gasteiger partial charge in [-0.2, -0.15) is 13.2 Å². The highest BCUT2D eigenvalue weighted by Crippen LogP contribution is 2.33. The van der Waals surface area contributed by atoms with Crippen molar-refractivity contribution in [3.8, 4) is 0 Å². The number of alkyl halides is 3. The molecule has 7 heteroatoms. The van der Waals surface area contributed by atoms with Gasteiger partial charge in [0.2, 0.25) is 0 Å². The topological polar surface area (TPSA) is 39.2 Å². The highest BCUT2D eigenvalue weighted by atomic mass is 32.1. The zero-order chi connectivity index (χ0) is 11.6. The average molecular weight is 239 g/mol. The Hall–Kier alpha value is -1.11. The van der Waals surface area contributed by atoms with Gasteiger partial charge in [-0.05, 0) is 13.8 Å². The standard InChI is InChI=1S/C8H8F3NO2S/c1-3-14-6(13)5-4(2)15-7(12-5)8(9,10)11/h3H2,1-2H3. The number of rotatable bonds is 2. The monoisotopic (exact) mass is 239 g/mol. The van der Waals surface area contributed by atoms with Crippen molar-refractivity contribution < 1.29 is 22.7 Å². The number of hydrogen-bond donors (Lipinski definition) is 0. The van der Waals surface area contributed by atoms with Crippen molar-refractivity contribution in [2.45, 2.75) is 20.0 Å². The summed E-state index contributed by atoms with van der Waals surface area (Å²) in [5.41, 5.74) is -0.255. The van der Waals surface area contributed by atoms with E-state index in [0.717, 1.165) is 0 Å². The fourth-order valence-corrected chi connectivity index (χ4v) is 1.67. The molecule has 15 heavy (non-hydrogen) atoms. The Bertz CT molecular complexity index is 372. The van der Waals surface area contributed by atoms with Gasteiger partial charge in [-0.15, -0.1) is 11.3 Å². The van der Waals surface area contributed by atoms with Gasteiger partial charge in [0.05, 0.1) is 6.61 Å². The van der Waals surface area contributed by atoms with Crippen LogP contribution in [0.5, 0.6) is 0 Å². The number of thiazole rings is 1. The predicted molar refractivity (Wildman–Crippen MR) is 47.8 cm³/mol. The molecule has 0 amide bonds. The second kappa shape index (κ2) is 4.18. The summed E-state index contributed by atoms with van der Waals surface area (Å²) >= 11 is 0.439. The van der Waals surface area contributed by atoms with E-state index in [0.29, 0.717) is 11.3 Å². The van der Waals surface area contributed by atoms with E-state index in [4.69, 9.17) is 0 Å². The number of ether oxygens (including phenoxy) is 1. The quantitative estimate of drug-likeness (QED) is 0.745. The molecular formula is C8H8F3NO2S. The Kier molecular flexibility index (Phi) is 3.33. The molecule has 0 N–H and O–H groups in total. The SMILES string of the molecule is CCOC(=O)c1nc(C(F)(F)F)sc1C. The first kappa shape index (κ1) is 12.0. The van der Waals surface area contributed by atoms with Gasteiger partial charge in [-0.3, -0.25) is 0 Å². The van der Waals surface area contributed by atoms with Crippen LogP contribution in [0, 0.1) is 6.92 Å². The maximum Gasteiger partial charge on any atom is 0.443 e. The van der Waals surface area contributed by atoms with Gasteiger partial charge in [-0.25, -0.2) is 9.78 Å². The maximum absolute atomic E-state index is 12.2. The molecule has 1 aromatic heterocycles. The molecule has 1 rings (SSSR count). The highest BCUT2D eigenvalue weighted by Gasteiger charge is 2.36. The summed E-state index contributed by atoms with van der Waals surface area (Å²) in [7, 11) is 0. The number of carbonyl (C=O) groups is 1. The molecule has 3 nitrogen and oxygen atoms in total. The van der Waals surface area contributed by atoms with Crippen LogP contribution < -0.4 is 0 Å².